The van der Waals surface area contributed by atoms with Crippen molar-refractivity contribution in [1.29, 1.82) is 5.26 Å². The fourth-order valence-corrected chi connectivity index (χ4v) is 2.45. The van der Waals surface area contributed by atoms with E-state index in [0.29, 0.717) is 17.7 Å². The van der Waals surface area contributed by atoms with Gasteiger partial charge in [0.1, 0.15) is 0 Å². The number of aliphatic hydroxyl groups excluding tert-OH is 1. The number of nitrogens with zero attached hydrogens (tertiary/aromatic N) is 2. The highest BCUT2D eigenvalue weighted by atomic mass is 16.3. The Morgan fingerprint density at radius 1 is 1.33 bits per heavy atom. The van der Waals surface area contributed by atoms with Gasteiger partial charge in [-0.05, 0) is 50.1 Å². The van der Waals surface area contributed by atoms with E-state index in [4.69, 9.17) is 5.26 Å². The molecule has 1 aliphatic heterocycles. The molecular formula is C16H21N3O2. The molecule has 2 rings (SSSR count). The number of likely N-dealkylation sites (tertiary alicyclic amines) is 1. The molecule has 0 saturated carbocycles. The fraction of sp³-hybridized carbons (Fsp3) is 0.500. The van der Waals surface area contributed by atoms with Gasteiger partial charge >= 0.3 is 0 Å². The summed E-state index contributed by atoms with van der Waals surface area (Å²) in [6.07, 6.45) is 2.45. The zero-order valence-electron chi connectivity index (χ0n) is 12.1. The van der Waals surface area contributed by atoms with Gasteiger partial charge in [-0.25, -0.2) is 0 Å². The van der Waals surface area contributed by atoms with Gasteiger partial charge in [-0.3, -0.25) is 4.79 Å². The Hall–Kier alpha value is -1.90. The molecule has 1 heterocycles. The van der Waals surface area contributed by atoms with E-state index in [1.54, 1.807) is 24.3 Å². The molecule has 0 spiro atoms. The van der Waals surface area contributed by atoms with Crippen molar-refractivity contribution in [2.75, 3.05) is 26.2 Å². The smallest absolute Gasteiger partial charge is 0.251 e. The van der Waals surface area contributed by atoms with Gasteiger partial charge in [0.05, 0.1) is 17.7 Å². The highest BCUT2D eigenvalue weighted by Crippen LogP contribution is 2.09. The van der Waals surface area contributed by atoms with Crippen LogP contribution < -0.4 is 5.32 Å². The molecule has 0 aliphatic carbocycles. The molecule has 5 nitrogen and oxygen atoms in total. The number of carbonyl (C=O) groups is 1. The third-order valence-electron chi connectivity index (χ3n) is 3.77. The maximum Gasteiger partial charge on any atom is 0.251 e. The van der Waals surface area contributed by atoms with Gasteiger partial charge < -0.3 is 15.3 Å². The molecule has 0 bridgehead atoms. The van der Waals surface area contributed by atoms with Crippen LogP contribution in [0.5, 0.6) is 0 Å². The highest BCUT2D eigenvalue weighted by molar-refractivity contribution is 5.94. The summed E-state index contributed by atoms with van der Waals surface area (Å²) in [6, 6.07) is 8.66. The minimum Gasteiger partial charge on any atom is -0.393 e. The number of rotatable bonds is 5. The van der Waals surface area contributed by atoms with Crippen molar-refractivity contribution in [2.24, 2.45) is 0 Å². The topological polar surface area (TPSA) is 76.4 Å². The Morgan fingerprint density at radius 2 is 2.00 bits per heavy atom. The largest absolute Gasteiger partial charge is 0.393 e. The van der Waals surface area contributed by atoms with E-state index in [1.807, 2.05) is 6.07 Å². The standard InChI is InChI=1S/C16H21N3O2/c17-12-13-2-4-14(5-3-13)16(21)18-8-1-9-19-10-6-15(20)7-11-19/h2-5,15,20H,1,6-11H2,(H,18,21). The average molecular weight is 287 g/mol. The molecule has 1 aliphatic rings. The van der Waals surface area contributed by atoms with Crippen molar-refractivity contribution in [3.8, 4) is 6.07 Å². The summed E-state index contributed by atoms with van der Waals surface area (Å²) in [4.78, 5) is 14.2. The van der Waals surface area contributed by atoms with E-state index in [1.165, 1.54) is 0 Å². The minimum absolute atomic E-state index is 0.103. The van der Waals surface area contributed by atoms with E-state index in [9.17, 15) is 9.90 Å². The number of benzene rings is 1. The Balaban J connectivity index is 1.66. The molecule has 0 radical (unpaired) electrons. The second-order valence-corrected chi connectivity index (χ2v) is 5.37. The Labute approximate surface area is 125 Å². The van der Waals surface area contributed by atoms with Crippen LogP contribution in [-0.2, 0) is 0 Å². The number of hydrogen-bond acceptors (Lipinski definition) is 4. The summed E-state index contributed by atoms with van der Waals surface area (Å²) >= 11 is 0. The predicted octanol–water partition coefficient (Wildman–Crippen LogP) is 1.13. The summed E-state index contributed by atoms with van der Waals surface area (Å²) in [5.41, 5.74) is 1.13. The van der Waals surface area contributed by atoms with Crippen LogP contribution in [0.3, 0.4) is 0 Å². The molecule has 21 heavy (non-hydrogen) atoms. The van der Waals surface area contributed by atoms with E-state index < -0.39 is 0 Å². The molecule has 1 saturated heterocycles. The van der Waals surface area contributed by atoms with Gasteiger partial charge in [0, 0.05) is 25.2 Å². The van der Waals surface area contributed by atoms with Crippen molar-refractivity contribution < 1.29 is 9.90 Å². The van der Waals surface area contributed by atoms with E-state index in [2.05, 4.69) is 10.2 Å². The Morgan fingerprint density at radius 3 is 2.62 bits per heavy atom. The van der Waals surface area contributed by atoms with Crippen LogP contribution >= 0.6 is 0 Å². The molecule has 2 N–H and O–H groups in total. The zero-order valence-corrected chi connectivity index (χ0v) is 12.1. The van der Waals surface area contributed by atoms with Crippen molar-refractivity contribution in [3.05, 3.63) is 35.4 Å². The number of nitriles is 1. The Bertz CT molecular complexity index is 499. The summed E-state index contributed by atoms with van der Waals surface area (Å²) in [7, 11) is 0. The van der Waals surface area contributed by atoms with Crippen LogP contribution in [0.2, 0.25) is 0 Å². The monoisotopic (exact) mass is 287 g/mol. The summed E-state index contributed by atoms with van der Waals surface area (Å²) in [5, 5.41) is 21.0. The van der Waals surface area contributed by atoms with Gasteiger partial charge in [0.15, 0.2) is 0 Å². The van der Waals surface area contributed by atoms with Crippen LogP contribution in [0.1, 0.15) is 35.2 Å². The van der Waals surface area contributed by atoms with Crippen molar-refractivity contribution in [1.82, 2.24) is 10.2 Å². The van der Waals surface area contributed by atoms with Gasteiger partial charge in [-0.1, -0.05) is 0 Å². The molecule has 1 aromatic carbocycles. The Kier molecular flexibility index (Phi) is 5.73. The van der Waals surface area contributed by atoms with Crippen molar-refractivity contribution >= 4 is 5.91 Å². The first-order valence-corrected chi connectivity index (χ1v) is 7.38. The maximum atomic E-state index is 11.9. The normalized spacial score (nSPS) is 16.4. The molecule has 112 valence electrons. The van der Waals surface area contributed by atoms with E-state index >= 15 is 0 Å². The van der Waals surface area contributed by atoms with Gasteiger partial charge in [-0.15, -0.1) is 0 Å². The lowest BCUT2D eigenvalue weighted by Gasteiger charge is -2.29. The average Bonchev–Trinajstić information content (AvgIpc) is 2.53. The van der Waals surface area contributed by atoms with Gasteiger partial charge in [-0.2, -0.15) is 5.26 Å². The van der Waals surface area contributed by atoms with Gasteiger partial charge in [0.2, 0.25) is 0 Å². The number of nitrogens with one attached hydrogen (secondary N) is 1. The summed E-state index contributed by atoms with van der Waals surface area (Å²) in [6.45, 7) is 3.45. The molecule has 0 unspecified atom stereocenters. The second-order valence-electron chi connectivity index (χ2n) is 5.37. The van der Waals surface area contributed by atoms with Crippen LogP contribution in [0.4, 0.5) is 0 Å². The number of hydrogen-bond donors (Lipinski definition) is 2. The van der Waals surface area contributed by atoms with E-state index in [-0.39, 0.29) is 12.0 Å². The summed E-state index contributed by atoms with van der Waals surface area (Å²) in [5.74, 6) is -0.103. The second kappa shape index (κ2) is 7.77. The van der Waals surface area contributed by atoms with Crippen molar-refractivity contribution in [2.45, 2.75) is 25.4 Å². The van der Waals surface area contributed by atoms with Crippen LogP contribution in [0, 0.1) is 11.3 Å². The first kappa shape index (κ1) is 15.5. The summed E-state index contributed by atoms with van der Waals surface area (Å²) < 4.78 is 0. The lowest BCUT2D eigenvalue weighted by molar-refractivity contribution is 0.0816. The first-order valence-electron chi connectivity index (χ1n) is 7.38. The predicted molar refractivity (Wildman–Crippen MR) is 79.8 cm³/mol. The van der Waals surface area contributed by atoms with Crippen LogP contribution in [-0.4, -0.2) is 48.2 Å². The quantitative estimate of drug-likeness (QED) is 0.796. The first-order chi connectivity index (χ1) is 10.2. The lowest BCUT2D eigenvalue weighted by atomic mass is 10.1. The van der Waals surface area contributed by atoms with Crippen molar-refractivity contribution in [3.63, 3.8) is 0 Å². The molecule has 5 heteroatoms. The number of aliphatic hydroxyl groups is 1. The number of carbonyl (C=O) groups excluding carboxylic acids is 1. The molecule has 1 aromatic rings. The zero-order chi connectivity index (χ0) is 15.1. The third-order valence-corrected chi connectivity index (χ3v) is 3.77. The highest BCUT2D eigenvalue weighted by Gasteiger charge is 2.16. The molecule has 1 fully saturated rings. The fourth-order valence-electron chi connectivity index (χ4n) is 2.45. The molecule has 1 amide bonds. The molecule has 0 aromatic heterocycles. The lowest BCUT2D eigenvalue weighted by Crippen LogP contribution is -2.37. The van der Waals surface area contributed by atoms with Crippen LogP contribution in [0.25, 0.3) is 0 Å². The maximum absolute atomic E-state index is 11.9. The SMILES string of the molecule is N#Cc1ccc(C(=O)NCCCN2CCC(O)CC2)cc1. The number of amides is 1. The van der Waals surface area contributed by atoms with E-state index in [0.717, 1.165) is 38.9 Å². The minimum atomic E-state index is -0.141. The molecular weight excluding hydrogens is 266 g/mol. The van der Waals surface area contributed by atoms with Crippen LogP contribution in [0.15, 0.2) is 24.3 Å². The molecule has 0 atom stereocenters. The van der Waals surface area contributed by atoms with Gasteiger partial charge in [0.25, 0.3) is 5.91 Å². The third kappa shape index (κ3) is 4.85. The number of piperidine rings is 1.